The van der Waals surface area contributed by atoms with E-state index in [1.807, 2.05) is 44.2 Å². The van der Waals surface area contributed by atoms with Gasteiger partial charge >= 0.3 is 6.03 Å². The van der Waals surface area contributed by atoms with Crippen molar-refractivity contribution in [3.8, 4) is 17.2 Å². The van der Waals surface area contributed by atoms with E-state index >= 15 is 0 Å². The summed E-state index contributed by atoms with van der Waals surface area (Å²) in [6.45, 7) is 6.58. The molecule has 2 heterocycles. The van der Waals surface area contributed by atoms with Crippen molar-refractivity contribution in [3.05, 3.63) is 77.9 Å². The molecule has 268 valence electrons. The highest BCUT2D eigenvalue weighted by Gasteiger charge is 2.31. The summed E-state index contributed by atoms with van der Waals surface area (Å²) in [4.78, 5) is 43.7. The van der Waals surface area contributed by atoms with Gasteiger partial charge in [0.2, 0.25) is 12.7 Å². The number of benzene rings is 3. The highest BCUT2D eigenvalue weighted by atomic mass is 16.7. The summed E-state index contributed by atoms with van der Waals surface area (Å²) in [5.41, 5.74) is 2.21. The molecular formula is C38H48N4O8. The van der Waals surface area contributed by atoms with Gasteiger partial charge in [-0.3, -0.25) is 9.59 Å². The topological polar surface area (TPSA) is 139 Å². The molecule has 4 amide bonds. The van der Waals surface area contributed by atoms with Crippen LogP contribution in [0.3, 0.4) is 0 Å². The Bertz CT molecular complexity index is 1620. The minimum atomic E-state index is -0.535. The smallest absolute Gasteiger partial charge is 0.321 e. The Morgan fingerprint density at radius 3 is 2.44 bits per heavy atom. The first kappa shape index (κ1) is 36.5. The van der Waals surface area contributed by atoms with Gasteiger partial charge in [-0.05, 0) is 69.0 Å². The van der Waals surface area contributed by atoms with Crippen molar-refractivity contribution in [1.82, 2.24) is 9.80 Å². The molecule has 2 aliphatic heterocycles. The Balaban J connectivity index is 1.35. The predicted octanol–water partition coefficient (Wildman–Crippen LogP) is 5.56. The highest BCUT2D eigenvalue weighted by Crippen LogP contribution is 2.34. The van der Waals surface area contributed by atoms with Gasteiger partial charge < -0.3 is 44.5 Å². The monoisotopic (exact) mass is 688 g/mol. The summed E-state index contributed by atoms with van der Waals surface area (Å²) in [6, 6.07) is 18.9. The third-order valence-corrected chi connectivity index (χ3v) is 8.97. The van der Waals surface area contributed by atoms with Crippen molar-refractivity contribution in [1.29, 1.82) is 0 Å². The van der Waals surface area contributed by atoms with Crippen LogP contribution < -0.4 is 24.8 Å². The molecular weight excluding hydrogens is 640 g/mol. The van der Waals surface area contributed by atoms with Crippen LogP contribution in [0.1, 0.15) is 56.0 Å². The van der Waals surface area contributed by atoms with Gasteiger partial charge in [-0.25, -0.2) is 4.79 Å². The maximum absolute atomic E-state index is 14.4. The Kier molecular flexibility index (Phi) is 12.6. The average molecular weight is 689 g/mol. The Hall–Kier alpha value is -4.81. The number of hydrogen-bond donors (Lipinski definition) is 3. The minimum Gasteiger partial charge on any atom is -0.490 e. The molecule has 0 fully saturated rings. The Labute approximate surface area is 293 Å². The summed E-state index contributed by atoms with van der Waals surface area (Å²) in [5.74, 6) is 0.829. The van der Waals surface area contributed by atoms with E-state index in [-0.39, 0.29) is 68.3 Å². The molecule has 0 radical (unpaired) electrons. The number of amides is 4. The zero-order valence-electron chi connectivity index (χ0n) is 29.2. The molecule has 0 bridgehead atoms. The number of urea groups is 1. The number of aliphatic hydroxyl groups excluding tert-OH is 1. The lowest BCUT2D eigenvalue weighted by atomic mass is 10.0. The fraction of sp³-hybridized carbons (Fsp3) is 0.447. The Morgan fingerprint density at radius 2 is 1.68 bits per heavy atom. The molecule has 3 N–H and O–H groups in total. The maximum Gasteiger partial charge on any atom is 0.321 e. The number of carbonyl (C=O) groups is 3. The maximum atomic E-state index is 14.4. The lowest BCUT2D eigenvalue weighted by Crippen LogP contribution is -2.48. The largest absolute Gasteiger partial charge is 0.490 e. The first-order valence-electron chi connectivity index (χ1n) is 17.2. The van der Waals surface area contributed by atoms with Gasteiger partial charge in [0.15, 0.2) is 11.5 Å². The predicted molar refractivity (Wildman–Crippen MR) is 190 cm³/mol. The van der Waals surface area contributed by atoms with Crippen LogP contribution in [0, 0.1) is 5.92 Å². The fourth-order valence-electron chi connectivity index (χ4n) is 6.00. The van der Waals surface area contributed by atoms with Crippen molar-refractivity contribution in [3.63, 3.8) is 0 Å². The number of fused-ring (bicyclic) bond motifs is 2. The van der Waals surface area contributed by atoms with Crippen molar-refractivity contribution in [2.45, 2.75) is 64.7 Å². The number of nitrogens with one attached hydrogen (secondary N) is 2. The van der Waals surface area contributed by atoms with Crippen LogP contribution >= 0.6 is 0 Å². The van der Waals surface area contributed by atoms with Crippen LogP contribution in [0.2, 0.25) is 0 Å². The molecule has 3 aromatic rings. The zero-order valence-corrected chi connectivity index (χ0v) is 29.2. The normalized spacial score (nSPS) is 20.1. The van der Waals surface area contributed by atoms with Crippen LogP contribution in [0.5, 0.6) is 17.2 Å². The van der Waals surface area contributed by atoms with E-state index in [4.69, 9.17) is 18.9 Å². The molecule has 12 heteroatoms. The number of hydrogen-bond acceptors (Lipinski definition) is 8. The summed E-state index contributed by atoms with van der Waals surface area (Å²) >= 11 is 0. The van der Waals surface area contributed by atoms with Gasteiger partial charge in [0, 0.05) is 50.1 Å². The first-order chi connectivity index (χ1) is 24.1. The third-order valence-electron chi connectivity index (χ3n) is 8.97. The number of nitrogens with zero attached hydrogens (tertiary/aromatic N) is 2. The first-order valence-corrected chi connectivity index (χ1v) is 17.2. The molecule has 0 spiro atoms. The molecule has 0 aromatic heterocycles. The lowest BCUT2D eigenvalue weighted by Gasteiger charge is -2.35. The average Bonchev–Trinajstić information content (AvgIpc) is 3.58. The van der Waals surface area contributed by atoms with E-state index < -0.39 is 12.1 Å². The van der Waals surface area contributed by atoms with E-state index in [9.17, 15) is 19.5 Å². The quantitative estimate of drug-likeness (QED) is 0.280. The Morgan fingerprint density at radius 1 is 0.960 bits per heavy atom. The van der Waals surface area contributed by atoms with E-state index in [2.05, 4.69) is 10.6 Å². The minimum absolute atomic E-state index is 0.141. The standard InChI is InChI=1S/C38H48N4O8/c1-25-21-42(26(2)23-43)37(45)31-19-29(39-36(44)18-28-11-6-5-7-12-28)13-15-32(31)50-27(3)10-8-9-17-47-35(25)22-41(4)38(46)40-30-14-16-33-34(20-30)49-24-48-33/h5-7,11-16,19-20,25-27,35,43H,8-10,17-18,21-24H2,1-4H3,(H,39,44)(H,40,46)/t25-,26-,27-,35+/m0/s1. The summed E-state index contributed by atoms with van der Waals surface area (Å²) in [6.07, 6.45) is 1.96. The fourth-order valence-corrected chi connectivity index (χ4v) is 6.00. The zero-order chi connectivity index (χ0) is 35.6. The number of rotatable bonds is 8. The van der Waals surface area contributed by atoms with Gasteiger partial charge in [-0.15, -0.1) is 0 Å². The number of aliphatic hydroxyl groups is 1. The molecule has 2 aliphatic rings. The molecule has 5 rings (SSSR count). The van der Waals surface area contributed by atoms with Crippen LogP contribution in [-0.4, -0.2) is 91.1 Å². The van der Waals surface area contributed by atoms with E-state index in [1.54, 1.807) is 60.2 Å². The summed E-state index contributed by atoms with van der Waals surface area (Å²) in [5, 5.41) is 16.1. The van der Waals surface area contributed by atoms with Crippen molar-refractivity contribution < 1.29 is 38.4 Å². The summed E-state index contributed by atoms with van der Waals surface area (Å²) < 4.78 is 23.5. The number of carbonyl (C=O) groups excluding carboxylic acids is 3. The highest BCUT2D eigenvalue weighted by molar-refractivity contribution is 6.00. The van der Waals surface area contributed by atoms with Gasteiger partial charge in [0.1, 0.15) is 5.75 Å². The van der Waals surface area contributed by atoms with Crippen molar-refractivity contribution >= 4 is 29.2 Å². The van der Waals surface area contributed by atoms with Gasteiger partial charge in [-0.1, -0.05) is 37.3 Å². The van der Waals surface area contributed by atoms with Crippen LogP contribution in [0.25, 0.3) is 0 Å². The molecule has 0 aliphatic carbocycles. The van der Waals surface area contributed by atoms with Crippen molar-refractivity contribution in [2.24, 2.45) is 5.92 Å². The second kappa shape index (κ2) is 17.2. The van der Waals surface area contributed by atoms with E-state index in [0.717, 1.165) is 24.8 Å². The molecule has 3 aromatic carbocycles. The van der Waals surface area contributed by atoms with Gasteiger partial charge in [0.25, 0.3) is 5.91 Å². The lowest BCUT2D eigenvalue weighted by molar-refractivity contribution is -0.115. The van der Waals surface area contributed by atoms with E-state index in [0.29, 0.717) is 35.2 Å². The molecule has 0 saturated carbocycles. The molecule has 12 nitrogen and oxygen atoms in total. The second-order valence-electron chi connectivity index (χ2n) is 13.1. The molecule has 0 unspecified atom stereocenters. The van der Waals surface area contributed by atoms with Crippen LogP contribution in [0.4, 0.5) is 16.2 Å². The number of anilines is 2. The van der Waals surface area contributed by atoms with Gasteiger partial charge in [0.05, 0.1) is 36.8 Å². The summed E-state index contributed by atoms with van der Waals surface area (Å²) in [7, 11) is 1.70. The third kappa shape index (κ3) is 9.66. The molecule has 50 heavy (non-hydrogen) atoms. The number of ether oxygens (including phenoxy) is 4. The van der Waals surface area contributed by atoms with Crippen LogP contribution in [-0.2, 0) is 16.0 Å². The second-order valence-corrected chi connectivity index (χ2v) is 13.1. The molecule has 0 saturated heterocycles. The van der Waals surface area contributed by atoms with Gasteiger partial charge in [-0.2, -0.15) is 0 Å². The van der Waals surface area contributed by atoms with Crippen LogP contribution in [0.15, 0.2) is 66.7 Å². The molecule has 4 atom stereocenters. The SMILES string of the molecule is C[C@H]1CCCCO[C@H](CN(C)C(=O)Nc2ccc3c(c2)OCO3)[C@@H](C)CN([C@@H](C)CO)C(=O)c2cc(NC(=O)Cc3ccccc3)ccc2O1. The van der Waals surface area contributed by atoms with E-state index in [1.165, 1.54) is 0 Å². The number of likely N-dealkylation sites (N-methyl/N-ethyl adjacent to an activating group) is 1. The van der Waals surface area contributed by atoms with Crippen molar-refractivity contribution in [2.75, 3.05) is 50.8 Å².